The zero-order valence-corrected chi connectivity index (χ0v) is 18.8. The maximum atomic E-state index is 13.4. The van der Waals surface area contributed by atoms with Gasteiger partial charge in [-0.15, -0.1) is 0 Å². The standard InChI is InChI=1S/C27H29N3O2/c1-19-8-9-20(2)25(18-19)28-14-16-29(17-15-28)27(32)22-12-13-30-23(22)10-11-24(30)26(31)21-6-4-3-5-7-21/h3-11,18,22H,12-17H2,1-2H3/t22-/m1/s1. The van der Waals surface area contributed by atoms with Gasteiger partial charge in [-0.2, -0.15) is 0 Å². The molecular formula is C27H29N3O2. The topological polar surface area (TPSA) is 45.5 Å². The van der Waals surface area contributed by atoms with Gasteiger partial charge in [-0.1, -0.05) is 42.5 Å². The Morgan fingerprint density at radius 3 is 2.34 bits per heavy atom. The first-order valence-electron chi connectivity index (χ1n) is 11.4. The molecule has 1 fully saturated rings. The van der Waals surface area contributed by atoms with Crippen LogP contribution in [0, 0.1) is 13.8 Å². The van der Waals surface area contributed by atoms with Crippen molar-refractivity contribution in [1.82, 2.24) is 9.47 Å². The molecule has 2 aliphatic heterocycles. The molecular weight excluding hydrogens is 398 g/mol. The van der Waals surface area contributed by atoms with E-state index in [0.717, 1.165) is 44.8 Å². The largest absolute Gasteiger partial charge is 0.368 e. The van der Waals surface area contributed by atoms with E-state index in [9.17, 15) is 9.59 Å². The maximum Gasteiger partial charge on any atom is 0.231 e. The number of aromatic nitrogens is 1. The van der Waals surface area contributed by atoms with Crippen molar-refractivity contribution in [3.63, 3.8) is 0 Å². The van der Waals surface area contributed by atoms with Crippen LogP contribution in [-0.2, 0) is 11.3 Å². The zero-order valence-electron chi connectivity index (χ0n) is 18.8. The lowest BCUT2D eigenvalue weighted by molar-refractivity contribution is -0.133. The molecule has 2 aliphatic rings. The van der Waals surface area contributed by atoms with E-state index in [0.29, 0.717) is 11.3 Å². The molecule has 0 spiro atoms. The number of rotatable bonds is 4. The highest BCUT2D eigenvalue weighted by atomic mass is 16.2. The number of carbonyl (C=O) groups is 2. The Bertz CT molecular complexity index is 1160. The third-order valence-corrected chi connectivity index (χ3v) is 6.88. The summed E-state index contributed by atoms with van der Waals surface area (Å²) in [5.41, 5.74) is 6.16. The molecule has 0 unspecified atom stereocenters. The summed E-state index contributed by atoms with van der Waals surface area (Å²) in [6.45, 7) is 8.15. The van der Waals surface area contributed by atoms with Gasteiger partial charge in [0.2, 0.25) is 11.7 Å². The molecule has 0 saturated carbocycles. The average Bonchev–Trinajstić information content (AvgIpc) is 3.43. The number of hydrogen-bond donors (Lipinski definition) is 0. The Morgan fingerprint density at radius 1 is 0.844 bits per heavy atom. The summed E-state index contributed by atoms with van der Waals surface area (Å²) in [5, 5.41) is 0. The molecule has 5 nitrogen and oxygen atoms in total. The van der Waals surface area contributed by atoms with Crippen molar-refractivity contribution in [1.29, 1.82) is 0 Å². The van der Waals surface area contributed by atoms with Crippen LogP contribution in [0.3, 0.4) is 0 Å². The second-order valence-corrected chi connectivity index (χ2v) is 8.93. The minimum Gasteiger partial charge on any atom is -0.368 e. The normalized spacial score (nSPS) is 18.0. The van der Waals surface area contributed by atoms with Crippen LogP contribution >= 0.6 is 0 Å². The van der Waals surface area contributed by atoms with Gasteiger partial charge in [0, 0.05) is 49.7 Å². The Balaban J connectivity index is 1.28. The van der Waals surface area contributed by atoms with E-state index in [1.807, 2.05) is 51.9 Å². The summed E-state index contributed by atoms with van der Waals surface area (Å²) in [6, 6.07) is 19.8. The predicted molar refractivity (Wildman–Crippen MR) is 126 cm³/mol. The molecule has 164 valence electrons. The average molecular weight is 428 g/mol. The summed E-state index contributed by atoms with van der Waals surface area (Å²) in [5.74, 6) is 0.0628. The number of nitrogens with zero attached hydrogens (tertiary/aromatic N) is 3. The Kier molecular flexibility index (Phi) is 5.33. The van der Waals surface area contributed by atoms with Crippen molar-refractivity contribution in [2.24, 2.45) is 0 Å². The van der Waals surface area contributed by atoms with E-state index < -0.39 is 0 Å². The van der Waals surface area contributed by atoms with Gasteiger partial charge in [-0.25, -0.2) is 0 Å². The van der Waals surface area contributed by atoms with E-state index in [2.05, 4.69) is 36.9 Å². The third kappa shape index (κ3) is 3.62. The van der Waals surface area contributed by atoms with E-state index in [-0.39, 0.29) is 17.6 Å². The number of fused-ring (bicyclic) bond motifs is 1. The molecule has 0 radical (unpaired) electrons. The first kappa shape index (κ1) is 20.6. The van der Waals surface area contributed by atoms with Crippen LogP contribution in [0.25, 0.3) is 0 Å². The summed E-state index contributed by atoms with van der Waals surface area (Å²) >= 11 is 0. The van der Waals surface area contributed by atoms with Gasteiger partial charge in [0.15, 0.2) is 0 Å². The smallest absolute Gasteiger partial charge is 0.231 e. The van der Waals surface area contributed by atoms with Crippen LogP contribution in [0.15, 0.2) is 60.7 Å². The zero-order chi connectivity index (χ0) is 22.2. The van der Waals surface area contributed by atoms with E-state index in [1.54, 1.807) is 0 Å². The summed E-state index contributed by atoms with van der Waals surface area (Å²) in [7, 11) is 0. The number of aryl methyl sites for hydroxylation is 2. The van der Waals surface area contributed by atoms with Gasteiger partial charge in [0.05, 0.1) is 11.6 Å². The number of benzene rings is 2. The van der Waals surface area contributed by atoms with Crippen LogP contribution < -0.4 is 4.90 Å². The summed E-state index contributed by atoms with van der Waals surface area (Å²) < 4.78 is 2.05. The van der Waals surface area contributed by atoms with Crippen LogP contribution in [0.5, 0.6) is 0 Å². The molecule has 3 heterocycles. The fourth-order valence-electron chi connectivity index (χ4n) is 5.08. The van der Waals surface area contributed by atoms with Crippen molar-refractivity contribution >= 4 is 17.4 Å². The van der Waals surface area contributed by atoms with Gasteiger partial charge >= 0.3 is 0 Å². The van der Waals surface area contributed by atoms with E-state index >= 15 is 0 Å². The number of anilines is 1. The van der Waals surface area contributed by atoms with E-state index in [1.165, 1.54) is 16.8 Å². The highest BCUT2D eigenvalue weighted by Crippen LogP contribution is 2.33. The Hall–Kier alpha value is -3.34. The molecule has 1 atom stereocenters. The number of amides is 1. The Morgan fingerprint density at radius 2 is 1.59 bits per heavy atom. The minimum atomic E-state index is -0.153. The number of ketones is 1. The molecule has 0 N–H and O–H groups in total. The molecule has 1 saturated heterocycles. The molecule has 1 amide bonds. The van der Waals surface area contributed by atoms with E-state index in [4.69, 9.17) is 0 Å². The highest BCUT2D eigenvalue weighted by Gasteiger charge is 2.35. The number of hydrogen-bond acceptors (Lipinski definition) is 3. The highest BCUT2D eigenvalue weighted by molar-refractivity contribution is 6.08. The number of carbonyl (C=O) groups excluding carboxylic acids is 2. The third-order valence-electron chi connectivity index (χ3n) is 6.88. The molecule has 0 bridgehead atoms. The van der Waals surface area contributed by atoms with Crippen LogP contribution in [-0.4, -0.2) is 47.3 Å². The first-order chi connectivity index (χ1) is 15.5. The van der Waals surface area contributed by atoms with Crippen LogP contribution in [0.1, 0.15) is 45.2 Å². The van der Waals surface area contributed by atoms with Gasteiger partial charge in [-0.05, 0) is 49.6 Å². The van der Waals surface area contributed by atoms with Crippen molar-refractivity contribution in [3.05, 3.63) is 88.7 Å². The second kappa shape index (κ2) is 8.30. The molecule has 32 heavy (non-hydrogen) atoms. The molecule has 3 aromatic rings. The maximum absolute atomic E-state index is 13.4. The Labute approximate surface area is 189 Å². The molecule has 1 aromatic heterocycles. The second-order valence-electron chi connectivity index (χ2n) is 8.93. The quantitative estimate of drug-likeness (QED) is 0.587. The molecule has 0 aliphatic carbocycles. The van der Waals surface area contributed by atoms with Gasteiger partial charge in [0.25, 0.3) is 0 Å². The molecule has 5 heteroatoms. The van der Waals surface area contributed by atoms with Gasteiger partial charge in [-0.3, -0.25) is 9.59 Å². The summed E-state index contributed by atoms with van der Waals surface area (Å²) in [6.07, 6.45) is 0.765. The predicted octanol–water partition coefficient (Wildman–Crippen LogP) is 4.17. The minimum absolute atomic E-state index is 0.0205. The first-order valence-corrected chi connectivity index (χ1v) is 11.4. The lowest BCUT2D eigenvalue weighted by atomic mass is 10.0. The van der Waals surface area contributed by atoms with Crippen molar-refractivity contribution in [3.8, 4) is 0 Å². The van der Waals surface area contributed by atoms with Crippen molar-refractivity contribution in [2.45, 2.75) is 32.7 Å². The van der Waals surface area contributed by atoms with Crippen molar-refractivity contribution < 1.29 is 9.59 Å². The monoisotopic (exact) mass is 427 g/mol. The lowest BCUT2D eigenvalue weighted by Gasteiger charge is -2.38. The fraction of sp³-hybridized carbons (Fsp3) is 0.333. The molecule has 5 rings (SSSR count). The summed E-state index contributed by atoms with van der Waals surface area (Å²) in [4.78, 5) is 30.7. The van der Waals surface area contributed by atoms with Gasteiger partial charge in [0.1, 0.15) is 0 Å². The SMILES string of the molecule is Cc1ccc(C)c(N2CCN(C(=O)[C@@H]3CCn4c(C(=O)c5ccccc5)ccc43)CC2)c1. The number of piperazine rings is 1. The van der Waals surface area contributed by atoms with Crippen LogP contribution in [0.2, 0.25) is 0 Å². The van der Waals surface area contributed by atoms with Crippen LogP contribution in [0.4, 0.5) is 5.69 Å². The molecule has 2 aromatic carbocycles. The van der Waals surface area contributed by atoms with Crippen molar-refractivity contribution in [2.75, 3.05) is 31.1 Å². The lowest BCUT2D eigenvalue weighted by Crippen LogP contribution is -2.50. The van der Waals surface area contributed by atoms with Gasteiger partial charge < -0.3 is 14.4 Å². The fourth-order valence-corrected chi connectivity index (χ4v) is 5.08.